The number of hydrogen-bond acceptors (Lipinski definition) is 0. The lowest BCUT2D eigenvalue weighted by atomic mass is 10.1. The predicted octanol–water partition coefficient (Wildman–Crippen LogP) is 3.85. The topological polar surface area (TPSA) is 0 Å². The summed E-state index contributed by atoms with van der Waals surface area (Å²) in [4.78, 5) is 0. The summed E-state index contributed by atoms with van der Waals surface area (Å²) in [6.07, 6.45) is 6.81. The van der Waals surface area contributed by atoms with Gasteiger partial charge in [-0.15, -0.1) is 11.6 Å². The Labute approximate surface area is 75.6 Å². The summed E-state index contributed by atoms with van der Waals surface area (Å²) in [5, 5.41) is 0. The summed E-state index contributed by atoms with van der Waals surface area (Å²) in [7, 11) is 0. The number of alkyl halides is 1. The molecule has 0 rings (SSSR count). The zero-order chi connectivity index (χ0) is 8.69. The highest BCUT2D eigenvalue weighted by Gasteiger charge is 1.94. The van der Waals surface area contributed by atoms with Crippen LogP contribution in [-0.2, 0) is 0 Å². The molecule has 0 aliphatic heterocycles. The van der Waals surface area contributed by atoms with Crippen molar-refractivity contribution in [3.05, 3.63) is 12.2 Å². The lowest BCUT2D eigenvalue weighted by molar-refractivity contribution is 0.649. The fourth-order valence-electron chi connectivity index (χ4n) is 0.851. The summed E-state index contributed by atoms with van der Waals surface area (Å²) in [6, 6.07) is 0. The maximum Gasteiger partial charge on any atom is 0.0228 e. The number of hydrogen-bond donors (Lipinski definition) is 0. The highest BCUT2D eigenvalue weighted by molar-refractivity contribution is 6.17. The van der Waals surface area contributed by atoms with E-state index < -0.39 is 0 Å². The molecule has 0 amide bonds. The minimum Gasteiger partial charge on any atom is -0.127 e. The van der Waals surface area contributed by atoms with Gasteiger partial charge in [0.2, 0.25) is 0 Å². The molecule has 66 valence electrons. The molecule has 0 aliphatic rings. The van der Waals surface area contributed by atoms with Gasteiger partial charge in [-0.3, -0.25) is 0 Å². The third-order valence-electron chi connectivity index (χ3n) is 1.64. The quantitative estimate of drug-likeness (QED) is 0.439. The molecule has 0 nitrogen and oxygen atoms in total. The number of rotatable bonds is 5. The molecule has 0 N–H and O–H groups in total. The lowest BCUT2D eigenvalue weighted by Crippen LogP contribution is -1.90. The van der Waals surface area contributed by atoms with E-state index in [0.717, 1.165) is 18.2 Å². The van der Waals surface area contributed by atoms with E-state index >= 15 is 0 Å². The van der Waals surface area contributed by atoms with Gasteiger partial charge in [0, 0.05) is 5.88 Å². The normalized spacial score (nSPS) is 14.6. The smallest absolute Gasteiger partial charge is 0.0228 e. The van der Waals surface area contributed by atoms with Crippen molar-refractivity contribution in [1.82, 2.24) is 0 Å². The van der Waals surface area contributed by atoms with Crippen LogP contribution in [0.15, 0.2) is 12.2 Å². The minimum absolute atomic E-state index is 0.645. The van der Waals surface area contributed by atoms with Gasteiger partial charge in [-0.25, -0.2) is 0 Å². The van der Waals surface area contributed by atoms with Crippen LogP contribution < -0.4 is 0 Å². The van der Waals surface area contributed by atoms with E-state index in [1.165, 1.54) is 6.42 Å². The van der Waals surface area contributed by atoms with E-state index in [1.807, 2.05) is 0 Å². The van der Waals surface area contributed by atoms with Crippen LogP contribution in [0.4, 0.5) is 0 Å². The molecule has 0 fully saturated rings. The molecule has 0 spiro atoms. The van der Waals surface area contributed by atoms with Gasteiger partial charge in [-0.1, -0.05) is 32.9 Å². The van der Waals surface area contributed by atoms with E-state index in [2.05, 4.69) is 32.9 Å². The molecule has 1 atom stereocenters. The van der Waals surface area contributed by atoms with Crippen molar-refractivity contribution < 1.29 is 0 Å². The molecule has 0 heterocycles. The van der Waals surface area contributed by atoms with Gasteiger partial charge in [-0.2, -0.15) is 0 Å². The van der Waals surface area contributed by atoms with Crippen LogP contribution in [-0.4, -0.2) is 5.88 Å². The Morgan fingerprint density at radius 1 is 1.27 bits per heavy atom. The van der Waals surface area contributed by atoms with E-state index in [0.29, 0.717) is 5.92 Å². The summed E-state index contributed by atoms with van der Waals surface area (Å²) in [5.74, 6) is 2.19. The fraction of sp³-hybridized carbons (Fsp3) is 0.800. The fourth-order valence-corrected chi connectivity index (χ4v) is 1.20. The average molecular weight is 175 g/mol. The summed E-state index contributed by atoms with van der Waals surface area (Å²) >= 11 is 5.60. The minimum atomic E-state index is 0.645. The highest BCUT2D eigenvalue weighted by atomic mass is 35.5. The third kappa shape index (κ3) is 7.93. The molecule has 0 saturated carbocycles. The Hall–Kier alpha value is 0.0300. The third-order valence-corrected chi connectivity index (χ3v) is 1.85. The molecule has 0 aromatic heterocycles. The Kier molecular flexibility index (Phi) is 6.74. The second-order valence-corrected chi connectivity index (χ2v) is 3.89. The largest absolute Gasteiger partial charge is 0.127 e. The predicted molar refractivity (Wildman–Crippen MR) is 53.1 cm³/mol. The van der Waals surface area contributed by atoms with Crippen molar-refractivity contribution in [2.75, 3.05) is 5.88 Å². The van der Waals surface area contributed by atoms with Crippen LogP contribution >= 0.6 is 11.6 Å². The standard InChI is InChI=1S/C10H19Cl/c1-9(2)5-4-6-10(3)7-8-11/h4,6,9-10H,5,7-8H2,1-3H3/b6-4+/t10-/m1/s1. The van der Waals surface area contributed by atoms with Crippen molar-refractivity contribution in [2.24, 2.45) is 11.8 Å². The van der Waals surface area contributed by atoms with Gasteiger partial charge in [0.15, 0.2) is 0 Å². The summed E-state index contributed by atoms with van der Waals surface area (Å²) in [5.41, 5.74) is 0. The first-order valence-electron chi connectivity index (χ1n) is 4.39. The molecule has 1 heteroatoms. The van der Waals surface area contributed by atoms with Crippen LogP contribution in [0.1, 0.15) is 33.6 Å². The molecule has 0 saturated heterocycles. The molecular weight excluding hydrogens is 156 g/mol. The van der Waals surface area contributed by atoms with Crippen LogP contribution in [0.3, 0.4) is 0 Å². The first-order valence-corrected chi connectivity index (χ1v) is 4.93. The molecule has 0 unspecified atom stereocenters. The Morgan fingerprint density at radius 2 is 1.91 bits per heavy atom. The maximum atomic E-state index is 5.60. The van der Waals surface area contributed by atoms with Crippen molar-refractivity contribution in [1.29, 1.82) is 0 Å². The SMILES string of the molecule is CC(C)C/C=C/[C@@H](C)CCCl. The Bertz CT molecular complexity index is 105. The summed E-state index contributed by atoms with van der Waals surface area (Å²) < 4.78 is 0. The monoisotopic (exact) mass is 174 g/mol. The van der Waals surface area contributed by atoms with Gasteiger partial charge >= 0.3 is 0 Å². The van der Waals surface area contributed by atoms with Crippen molar-refractivity contribution in [3.8, 4) is 0 Å². The maximum absolute atomic E-state index is 5.60. The second-order valence-electron chi connectivity index (χ2n) is 3.51. The number of allylic oxidation sites excluding steroid dienone is 2. The molecule has 0 aliphatic carbocycles. The van der Waals surface area contributed by atoms with E-state index in [9.17, 15) is 0 Å². The summed E-state index contributed by atoms with van der Waals surface area (Å²) in [6.45, 7) is 6.67. The molecule has 0 aromatic rings. The van der Waals surface area contributed by atoms with Crippen LogP contribution in [0.5, 0.6) is 0 Å². The molecule has 11 heavy (non-hydrogen) atoms. The van der Waals surface area contributed by atoms with Crippen LogP contribution in [0.25, 0.3) is 0 Å². The van der Waals surface area contributed by atoms with Gasteiger partial charge in [0.1, 0.15) is 0 Å². The van der Waals surface area contributed by atoms with Gasteiger partial charge < -0.3 is 0 Å². The number of halogens is 1. The molecule has 0 bridgehead atoms. The van der Waals surface area contributed by atoms with E-state index in [4.69, 9.17) is 11.6 Å². The van der Waals surface area contributed by atoms with Gasteiger partial charge in [0.05, 0.1) is 0 Å². The van der Waals surface area contributed by atoms with E-state index in [-0.39, 0.29) is 0 Å². The molecule has 0 aromatic carbocycles. The lowest BCUT2D eigenvalue weighted by Gasteiger charge is -2.02. The van der Waals surface area contributed by atoms with Crippen molar-refractivity contribution >= 4 is 11.6 Å². The molecule has 0 radical (unpaired) electrons. The zero-order valence-corrected chi connectivity index (χ0v) is 8.56. The Morgan fingerprint density at radius 3 is 2.36 bits per heavy atom. The van der Waals surface area contributed by atoms with E-state index in [1.54, 1.807) is 0 Å². The second kappa shape index (κ2) is 6.72. The molecular formula is C10H19Cl. The van der Waals surface area contributed by atoms with Crippen molar-refractivity contribution in [3.63, 3.8) is 0 Å². The van der Waals surface area contributed by atoms with Gasteiger partial charge in [-0.05, 0) is 24.7 Å². The first-order chi connectivity index (χ1) is 5.16. The average Bonchev–Trinajstić information content (AvgIpc) is 1.87. The zero-order valence-electron chi connectivity index (χ0n) is 7.81. The van der Waals surface area contributed by atoms with Crippen LogP contribution in [0, 0.1) is 11.8 Å². The van der Waals surface area contributed by atoms with Gasteiger partial charge in [0.25, 0.3) is 0 Å². The highest BCUT2D eigenvalue weighted by Crippen LogP contribution is 2.07. The van der Waals surface area contributed by atoms with Crippen LogP contribution in [0.2, 0.25) is 0 Å². The van der Waals surface area contributed by atoms with Crippen molar-refractivity contribution in [2.45, 2.75) is 33.6 Å². The first kappa shape index (κ1) is 11.0. The Balaban J connectivity index is 3.39.